The molecule has 2 aromatic rings. The summed E-state index contributed by atoms with van der Waals surface area (Å²) in [7, 11) is 0. The molecule has 2 heterocycles. The van der Waals surface area contributed by atoms with Crippen LogP contribution in [0.3, 0.4) is 0 Å². The molecule has 0 atom stereocenters. The smallest absolute Gasteiger partial charge is 0.314 e. The highest BCUT2D eigenvalue weighted by atomic mass is 16.5. The zero-order valence-electron chi connectivity index (χ0n) is 14.7. The van der Waals surface area contributed by atoms with Crippen molar-refractivity contribution in [1.29, 1.82) is 0 Å². The van der Waals surface area contributed by atoms with E-state index in [1.807, 2.05) is 26.0 Å². The van der Waals surface area contributed by atoms with E-state index in [1.54, 1.807) is 15.9 Å². The zero-order valence-corrected chi connectivity index (χ0v) is 14.7. The van der Waals surface area contributed by atoms with E-state index in [2.05, 4.69) is 21.0 Å². The van der Waals surface area contributed by atoms with Gasteiger partial charge in [-0.1, -0.05) is 0 Å². The van der Waals surface area contributed by atoms with Crippen molar-refractivity contribution in [3.63, 3.8) is 0 Å². The fourth-order valence-electron chi connectivity index (χ4n) is 3.02. The van der Waals surface area contributed by atoms with Crippen LogP contribution >= 0.6 is 0 Å². The Bertz CT molecular complexity index is 744. The second kappa shape index (κ2) is 7.42. The minimum Gasteiger partial charge on any atom is -0.492 e. The van der Waals surface area contributed by atoms with E-state index in [-0.39, 0.29) is 6.03 Å². The minimum atomic E-state index is -0.353. The van der Waals surface area contributed by atoms with E-state index in [4.69, 9.17) is 10.5 Å². The lowest BCUT2D eigenvalue weighted by molar-refractivity contribution is 0.211. The lowest BCUT2D eigenvalue weighted by Crippen LogP contribution is -2.38. The number of benzene rings is 1. The molecule has 0 radical (unpaired) electrons. The number of anilines is 1. The number of ether oxygens (including phenoxy) is 1. The quantitative estimate of drug-likeness (QED) is 0.909. The third-order valence-electron chi connectivity index (χ3n) is 4.27. The normalized spacial score (nSPS) is 15.1. The molecule has 0 unspecified atom stereocenters. The summed E-state index contributed by atoms with van der Waals surface area (Å²) in [6.07, 6.45) is 2.57. The molecule has 1 aromatic heterocycles. The van der Waals surface area contributed by atoms with Gasteiger partial charge in [-0.25, -0.2) is 14.5 Å². The minimum absolute atomic E-state index is 0.353. The van der Waals surface area contributed by atoms with Gasteiger partial charge in [0.25, 0.3) is 0 Å². The summed E-state index contributed by atoms with van der Waals surface area (Å²) in [6, 6.07) is 5.71. The maximum Gasteiger partial charge on any atom is 0.314 e. The Hall–Kier alpha value is -2.77. The maximum absolute atomic E-state index is 11.4. The first-order valence-corrected chi connectivity index (χ1v) is 8.53. The summed E-state index contributed by atoms with van der Waals surface area (Å²) >= 11 is 0. The average Bonchev–Trinajstić information content (AvgIpc) is 2.87. The lowest BCUT2D eigenvalue weighted by Gasteiger charge is -2.24. The molecule has 3 rings (SSSR count). The molecule has 1 saturated heterocycles. The van der Waals surface area contributed by atoms with Crippen molar-refractivity contribution in [1.82, 2.24) is 19.7 Å². The van der Waals surface area contributed by atoms with Gasteiger partial charge in [-0.2, -0.15) is 5.10 Å². The van der Waals surface area contributed by atoms with E-state index in [9.17, 15) is 4.79 Å². The van der Waals surface area contributed by atoms with Crippen molar-refractivity contribution in [2.45, 2.75) is 20.3 Å². The molecule has 2 N–H and O–H groups in total. The number of urea groups is 1. The monoisotopic (exact) mass is 344 g/mol. The molecule has 1 aliphatic rings. The molecular weight excluding hydrogens is 320 g/mol. The number of nitrogens with two attached hydrogens (primary N) is 1. The Morgan fingerprint density at radius 2 is 2.12 bits per heavy atom. The van der Waals surface area contributed by atoms with Gasteiger partial charge in [-0.05, 0) is 32.4 Å². The van der Waals surface area contributed by atoms with Crippen LogP contribution in [0, 0.1) is 6.92 Å². The molecule has 8 heteroatoms. The average molecular weight is 344 g/mol. The summed E-state index contributed by atoms with van der Waals surface area (Å²) in [5, 5.41) is 4.36. The predicted molar refractivity (Wildman–Crippen MR) is 95.3 cm³/mol. The molecule has 1 aromatic carbocycles. The summed E-state index contributed by atoms with van der Waals surface area (Å²) < 4.78 is 7.55. The van der Waals surface area contributed by atoms with Gasteiger partial charge in [0.1, 0.15) is 23.6 Å². The van der Waals surface area contributed by atoms with Crippen LogP contribution < -0.4 is 15.4 Å². The van der Waals surface area contributed by atoms with Crippen LogP contribution in [0.5, 0.6) is 5.75 Å². The van der Waals surface area contributed by atoms with Crippen molar-refractivity contribution in [2.24, 2.45) is 5.73 Å². The molecule has 25 heavy (non-hydrogen) atoms. The maximum atomic E-state index is 11.4. The number of carbonyl (C=O) groups excluding carboxylic acids is 1. The molecular formula is C17H24N6O2. The van der Waals surface area contributed by atoms with Gasteiger partial charge in [0, 0.05) is 37.9 Å². The third kappa shape index (κ3) is 3.84. The number of hydrogen-bond donors (Lipinski definition) is 1. The molecule has 1 aliphatic heterocycles. The molecule has 1 fully saturated rings. The Kier molecular flexibility index (Phi) is 5.06. The summed E-state index contributed by atoms with van der Waals surface area (Å²) in [4.78, 5) is 19.5. The first kappa shape index (κ1) is 17.1. The molecule has 8 nitrogen and oxygen atoms in total. The van der Waals surface area contributed by atoms with E-state index in [0.717, 1.165) is 36.6 Å². The summed E-state index contributed by atoms with van der Waals surface area (Å²) in [5.74, 6) is 1.48. The first-order valence-electron chi connectivity index (χ1n) is 8.53. The predicted octanol–water partition coefficient (Wildman–Crippen LogP) is 1.57. The van der Waals surface area contributed by atoms with Gasteiger partial charge < -0.3 is 20.3 Å². The van der Waals surface area contributed by atoms with Crippen molar-refractivity contribution in [2.75, 3.05) is 37.7 Å². The van der Waals surface area contributed by atoms with Crippen molar-refractivity contribution < 1.29 is 9.53 Å². The topological polar surface area (TPSA) is 89.5 Å². The largest absolute Gasteiger partial charge is 0.492 e. The van der Waals surface area contributed by atoms with Crippen molar-refractivity contribution in [3.8, 4) is 11.4 Å². The van der Waals surface area contributed by atoms with Crippen LogP contribution in [0.1, 0.15) is 19.2 Å². The van der Waals surface area contributed by atoms with Gasteiger partial charge in [-0.15, -0.1) is 0 Å². The van der Waals surface area contributed by atoms with Crippen LogP contribution in [0.2, 0.25) is 0 Å². The Labute approximate surface area is 147 Å². The highest BCUT2D eigenvalue weighted by molar-refractivity contribution is 5.72. The fraction of sp³-hybridized carbons (Fsp3) is 0.471. The standard InChI is InChI=1S/C17H24N6O2/c1-3-25-16-11-14(5-6-15(16)23-12-19-13(2)20-23)21-7-4-8-22(10-9-21)17(18)24/h5-6,11-12H,3-4,7-10H2,1-2H3,(H2,18,24). The van der Waals surface area contributed by atoms with Crippen molar-refractivity contribution >= 4 is 11.7 Å². The van der Waals surface area contributed by atoms with E-state index < -0.39 is 0 Å². The van der Waals surface area contributed by atoms with E-state index in [0.29, 0.717) is 25.5 Å². The molecule has 0 saturated carbocycles. The van der Waals surface area contributed by atoms with Crippen LogP contribution in [0.15, 0.2) is 24.5 Å². The number of carbonyl (C=O) groups is 1. The zero-order chi connectivity index (χ0) is 17.8. The van der Waals surface area contributed by atoms with Gasteiger partial charge in [0.15, 0.2) is 0 Å². The van der Waals surface area contributed by atoms with Crippen LogP contribution in [0.4, 0.5) is 10.5 Å². The second-order valence-electron chi connectivity index (χ2n) is 5.99. The second-order valence-corrected chi connectivity index (χ2v) is 5.99. The number of rotatable bonds is 4. The third-order valence-corrected chi connectivity index (χ3v) is 4.27. The number of aryl methyl sites for hydroxylation is 1. The molecule has 0 aliphatic carbocycles. The summed E-state index contributed by atoms with van der Waals surface area (Å²) in [6.45, 7) is 7.32. The number of primary amides is 1. The Balaban J connectivity index is 1.85. The number of hydrogen-bond acceptors (Lipinski definition) is 5. The van der Waals surface area contributed by atoms with Gasteiger partial charge in [0.2, 0.25) is 0 Å². The highest BCUT2D eigenvalue weighted by Gasteiger charge is 2.19. The molecule has 0 bridgehead atoms. The lowest BCUT2D eigenvalue weighted by atomic mass is 10.2. The Morgan fingerprint density at radius 1 is 1.28 bits per heavy atom. The first-order chi connectivity index (χ1) is 12.1. The number of aromatic nitrogens is 3. The molecule has 0 spiro atoms. The fourth-order valence-corrected chi connectivity index (χ4v) is 3.02. The highest BCUT2D eigenvalue weighted by Crippen LogP contribution is 2.29. The van der Waals surface area contributed by atoms with Crippen LogP contribution in [-0.4, -0.2) is 58.5 Å². The van der Waals surface area contributed by atoms with Gasteiger partial charge in [0.05, 0.1) is 6.61 Å². The van der Waals surface area contributed by atoms with E-state index in [1.165, 1.54) is 0 Å². The SMILES string of the molecule is CCOc1cc(N2CCCN(C(N)=O)CC2)ccc1-n1cnc(C)n1. The van der Waals surface area contributed by atoms with E-state index >= 15 is 0 Å². The summed E-state index contributed by atoms with van der Waals surface area (Å²) in [5.41, 5.74) is 7.33. The molecule has 134 valence electrons. The van der Waals surface area contributed by atoms with Gasteiger partial charge >= 0.3 is 6.03 Å². The number of amides is 2. The number of nitrogens with zero attached hydrogens (tertiary/aromatic N) is 5. The Morgan fingerprint density at radius 3 is 2.80 bits per heavy atom. The molecule has 2 amide bonds. The van der Waals surface area contributed by atoms with Crippen LogP contribution in [-0.2, 0) is 0 Å². The van der Waals surface area contributed by atoms with Gasteiger partial charge in [-0.3, -0.25) is 0 Å². The van der Waals surface area contributed by atoms with Crippen LogP contribution in [0.25, 0.3) is 5.69 Å². The van der Waals surface area contributed by atoms with Crippen molar-refractivity contribution in [3.05, 3.63) is 30.4 Å².